The third kappa shape index (κ3) is 7.40. The molecule has 8 heteroatoms. The van der Waals surface area contributed by atoms with Crippen LogP contribution in [0.4, 0.5) is 0 Å². The molecule has 0 aliphatic heterocycles. The van der Waals surface area contributed by atoms with Gasteiger partial charge in [-0.1, -0.05) is 29.8 Å². The van der Waals surface area contributed by atoms with E-state index < -0.39 is 11.8 Å². The first-order valence-corrected chi connectivity index (χ1v) is 9.95. The molecule has 7 nitrogen and oxygen atoms in total. The molecule has 0 aliphatic rings. The molecule has 0 atom stereocenters. The van der Waals surface area contributed by atoms with Gasteiger partial charge in [0.15, 0.2) is 0 Å². The van der Waals surface area contributed by atoms with Gasteiger partial charge in [-0.25, -0.2) is 0 Å². The average molecular weight is 465 g/mol. The van der Waals surface area contributed by atoms with Crippen LogP contribution in [-0.4, -0.2) is 38.7 Å². The van der Waals surface area contributed by atoms with Crippen LogP contribution in [-0.2, 0) is 4.74 Å². The largest absolute Gasteiger partial charge is 0.493 e. The first-order valence-electron chi connectivity index (χ1n) is 9.15. The summed E-state index contributed by atoms with van der Waals surface area (Å²) in [5.74, 6) is 0.555. The molecule has 0 spiro atoms. The van der Waals surface area contributed by atoms with Gasteiger partial charge in [-0.15, -0.1) is 0 Å². The summed E-state index contributed by atoms with van der Waals surface area (Å²) in [6, 6.07) is 11.8. The molecule has 0 aromatic heterocycles. The van der Waals surface area contributed by atoms with Gasteiger partial charge in [0.2, 0.25) is 0 Å². The Morgan fingerprint density at radius 1 is 0.966 bits per heavy atom. The minimum Gasteiger partial charge on any atom is -0.493 e. The molecule has 29 heavy (non-hydrogen) atoms. The number of hydrazine groups is 1. The lowest BCUT2D eigenvalue weighted by atomic mass is 10.2. The van der Waals surface area contributed by atoms with E-state index in [4.69, 9.17) is 14.2 Å². The van der Waals surface area contributed by atoms with Gasteiger partial charge in [0.1, 0.15) is 18.1 Å². The van der Waals surface area contributed by atoms with Crippen molar-refractivity contribution in [1.82, 2.24) is 10.9 Å². The van der Waals surface area contributed by atoms with E-state index in [2.05, 4.69) is 40.6 Å². The zero-order valence-electron chi connectivity index (χ0n) is 16.7. The molecule has 0 heterocycles. The van der Waals surface area contributed by atoms with Gasteiger partial charge < -0.3 is 14.2 Å². The minimum atomic E-state index is -0.496. The molecule has 156 valence electrons. The lowest BCUT2D eigenvalue weighted by Gasteiger charge is -2.13. The van der Waals surface area contributed by atoms with E-state index in [0.29, 0.717) is 47.3 Å². The number of amides is 2. The van der Waals surface area contributed by atoms with Crippen LogP contribution >= 0.6 is 15.9 Å². The normalized spacial score (nSPS) is 10.5. The van der Waals surface area contributed by atoms with Gasteiger partial charge in [-0.05, 0) is 48.4 Å². The van der Waals surface area contributed by atoms with Crippen LogP contribution in [0.15, 0.2) is 46.9 Å². The Morgan fingerprint density at radius 2 is 1.66 bits per heavy atom. The number of methoxy groups -OCH3 is 1. The second kappa shape index (κ2) is 11.4. The number of rotatable bonds is 9. The number of hydrogen-bond acceptors (Lipinski definition) is 5. The van der Waals surface area contributed by atoms with Crippen molar-refractivity contribution >= 4 is 27.7 Å². The topological polar surface area (TPSA) is 85.9 Å². The molecule has 0 aliphatic carbocycles. The summed E-state index contributed by atoms with van der Waals surface area (Å²) in [7, 11) is 1.57. The summed E-state index contributed by atoms with van der Waals surface area (Å²) < 4.78 is 16.8. The smallest absolute Gasteiger partial charge is 0.273 e. The maximum Gasteiger partial charge on any atom is 0.273 e. The fraction of sp³-hybridized carbons (Fsp3) is 0.333. The second-order valence-electron chi connectivity index (χ2n) is 6.62. The van der Waals surface area contributed by atoms with Crippen LogP contribution in [0.5, 0.6) is 11.5 Å². The highest BCUT2D eigenvalue weighted by atomic mass is 79.9. The number of ether oxygens (including phenoxy) is 3. The fourth-order valence-corrected chi connectivity index (χ4v) is 2.62. The molecular weight excluding hydrogens is 440 g/mol. The van der Waals surface area contributed by atoms with Crippen molar-refractivity contribution in [3.8, 4) is 11.5 Å². The van der Waals surface area contributed by atoms with Crippen molar-refractivity contribution in [2.45, 2.75) is 13.8 Å². The zero-order chi connectivity index (χ0) is 21.2. The summed E-state index contributed by atoms with van der Waals surface area (Å²) in [5.41, 5.74) is 5.50. The molecule has 2 rings (SSSR count). The van der Waals surface area contributed by atoms with Gasteiger partial charge in [-0.3, -0.25) is 20.4 Å². The Balaban J connectivity index is 1.96. The van der Waals surface area contributed by atoms with Crippen molar-refractivity contribution in [3.05, 3.63) is 58.1 Å². The van der Waals surface area contributed by atoms with Gasteiger partial charge >= 0.3 is 0 Å². The summed E-state index contributed by atoms with van der Waals surface area (Å²) in [4.78, 5) is 24.8. The number of halogens is 1. The summed E-state index contributed by atoms with van der Waals surface area (Å²) in [6.07, 6.45) is 0. The van der Waals surface area contributed by atoms with Crippen molar-refractivity contribution in [2.24, 2.45) is 5.92 Å². The van der Waals surface area contributed by atoms with Crippen LogP contribution in [0, 0.1) is 5.92 Å². The van der Waals surface area contributed by atoms with E-state index in [-0.39, 0.29) is 5.56 Å². The molecular formula is C21H25BrN2O5. The molecule has 0 unspecified atom stereocenters. The minimum absolute atomic E-state index is 0.285. The van der Waals surface area contributed by atoms with Crippen LogP contribution in [0.2, 0.25) is 0 Å². The maximum atomic E-state index is 12.5. The lowest BCUT2D eigenvalue weighted by Crippen LogP contribution is -2.41. The van der Waals surface area contributed by atoms with E-state index in [0.717, 1.165) is 0 Å². The molecule has 0 radical (unpaired) electrons. The lowest BCUT2D eigenvalue weighted by molar-refractivity contribution is 0.0842. The van der Waals surface area contributed by atoms with Crippen LogP contribution in [0.3, 0.4) is 0 Å². The Labute approximate surface area is 178 Å². The molecule has 0 bridgehead atoms. The predicted molar refractivity (Wildman–Crippen MR) is 113 cm³/mol. The number of carbonyl (C=O) groups is 2. The van der Waals surface area contributed by atoms with Crippen molar-refractivity contribution in [1.29, 1.82) is 0 Å². The van der Waals surface area contributed by atoms with Crippen molar-refractivity contribution < 1.29 is 23.8 Å². The molecule has 2 aromatic rings. The van der Waals surface area contributed by atoms with Crippen LogP contribution in [0.25, 0.3) is 0 Å². The average Bonchev–Trinajstić information content (AvgIpc) is 2.71. The highest BCUT2D eigenvalue weighted by Crippen LogP contribution is 2.23. The van der Waals surface area contributed by atoms with Gasteiger partial charge in [0.05, 0.1) is 18.8 Å². The fourth-order valence-electron chi connectivity index (χ4n) is 2.26. The maximum absolute atomic E-state index is 12.5. The highest BCUT2D eigenvalue weighted by molar-refractivity contribution is 9.10. The van der Waals surface area contributed by atoms with E-state index in [1.165, 1.54) is 0 Å². The second-order valence-corrected chi connectivity index (χ2v) is 7.53. The number of nitrogens with one attached hydrogen (secondary N) is 2. The molecule has 2 aromatic carbocycles. The number of carbonyl (C=O) groups excluding carboxylic acids is 2. The SMILES string of the molecule is COCCOc1ccc(Br)cc1C(=O)NNC(=O)c1ccc(OCC(C)C)cc1. The summed E-state index contributed by atoms with van der Waals surface area (Å²) in [5, 5.41) is 0. The number of hydrogen-bond donors (Lipinski definition) is 2. The number of benzene rings is 2. The predicted octanol–water partition coefficient (Wildman–Crippen LogP) is 3.58. The van der Waals surface area contributed by atoms with E-state index in [1.54, 1.807) is 49.6 Å². The van der Waals surface area contributed by atoms with Gasteiger partial charge in [0, 0.05) is 17.1 Å². The Hall–Kier alpha value is -2.58. The van der Waals surface area contributed by atoms with Crippen molar-refractivity contribution in [2.75, 3.05) is 26.9 Å². The standard InChI is InChI=1S/C21H25BrN2O5/c1-14(2)13-29-17-7-4-15(5-8-17)20(25)23-24-21(26)18-12-16(22)6-9-19(18)28-11-10-27-3/h4-9,12,14H,10-11,13H2,1-3H3,(H,23,25)(H,24,26). The van der Waals surface area contributed by atoms with E-state index in [9.17, 15) is 9.59 Å². The van der Waals surface area contributed by atoms with E-state index >= 15 is 0 Å². The quantitative estimate of drug-likeness (QED) is 0.437. The highest BCUT2D eigenvalue weighted by Gasteiger charge is 2.15. The zero-order valence-corrected chi connectivity index (χ0v) is 18.2. The Bertz CT molecular complexity index is 824. The molecule has 2 amide bonds. The summed E-state index contributed by atoms with van der Waals surface area (Å²) >= 11 is 3.33. The van der Waals surface area contributed by atoms with Crippen molar-refractivity contribution in [3.63, 3.8) is 0 Å². The third-order valence-corrected chi connectivity index (χ3v) is 4.21. The first-order chi connectivity index (χ1) is 13.9. The van der Waals surface area contributed by atoms with E-state index in [1.807, 2.05) is 0 Å². The first kappa shape index (κ1) is 22.7. The molecule has 0 saturated heterocycles. The monoisotopic (exact) mass is 464 g/mol. The van der Waals surface area contributed by atoms with Crippen LogP contribution < -0.4 is 20.3 Å². The van der Waals surface area contributed by atoms with Gasteiger partial charge in [-0.2, -0.15) is 0 Å². The molecule has 0 fully saturated rings. The Kier molecular flexibility index (Phi) is 8.95. The van der Waals surface area contributed by atoms with Crippen LogP contribution in [0.1, 0.15) is 34.6 Å². The third-order valence-electron chi connectivity index (χ3n) is 3.72. The molecule has 2 N–H and O–H groups in total. The van der Waals surface area contributed by atoms with Gasteiger partial charge in [0.25, 0.3) is 11.8 Å². The Morgan fingerprint density at radius 3 is 2.31 bits per heavy atom. The molecule has 0 saturated carbocycles. The summed E-state index contributed by atoms with van der Waals surface area (Å²) in [6.45, 7) is 5.41.